The van der Waals surface area contributed by atoms with Crippen LogP contribution in [0, 0.1) is 5.92 Å². The molecule has 1 unspecified atom stereocenters. The van der Waals surface area contributed by atoms with Gasteiger partial charge in [0.2, 0.25) is 0 Å². The van der Waals surface area contributed by atoms with Crippen LogP contribution >= 0.6 is 0 Å². The summed E-state index contributed by atoms with van der Waals surface area (Å²) in [5, 5.41) is 9.01. The van der Waals surface area contributed by atoms with Crippen molar-refractivity contribution in [1.29, 1.82) is 0 Å². The summed E-state index contributed by atoms with van der Waals surface area (Å²) in [6.07, 6.45) is 0. The van der Waals surface area contributed by atoms with E-state index in [2.05, 4.69) is 0 Å². The van der Waals surface area contributed by atoms with Gasteiger partial charge in [0, 0.05) is 0 Å². The normalized spacial score (nSPS) is 12.2. The molecule has 0 aromatic heterocycles. The van der Waals surface area contributed by atoms with Gasteiger partial charge in [-0.2, -0.15) is 0 Å². The van der Waals surface area contributed by atoms with Crippen LogP contribution in [0.4, 0.5) is 0 Å². The maximum atomic E-state index is 11.9. The summed E-state index contributed by atoms with van der Waals surface area (Å²) in [6, 6.07) is 6.65. The Hall–Kier alpha value is -1.84. The van der Waals surface area contributed by atoms with Crippen LogP contribution in [0.25, 0.3) is 0 Å². The molecule has 4 heteroatoms. The molecule has 1 N–H and O–H groups in total. The number of rotatable bonds is 5. The maximum absolute atomic E-state index is 11.9. The Bertz CT molecular complexity index is 437. The van der Waals surface area contributed by atoms with Crippen LogP contribution in [0.15, 0.2) is 24.3 Å². The predicted molar refractivity (Wildman–Crippen MR) is 67.6 cm³/mol. The maximum Gasteiger partial charge on any atom is 0.338 e. The van der Waals surface area contributed by atoms with E-state index in [4.69, 9.17) is 9.84 Å². The molecule has 0 aliphatic carbocycles. The van der Waals surface area contributed by atoms with Crippen LogP contribution in [0.2, 0.25) is 0 Å². The van der Waals surface area contributed by atoms with Crippen LogP contribution in [0.1, 0.15) is 42.6 Å². The number of carbonyl (C=O) groups excluding carboxylic acids is 1. The summed E-state index contributed by atoms with van der Waals surface area (Å²) in [5.74, 6) is -1.91. The Kier molecular flexibility index (Phi) is 4.89. The average Bonchev–Trinajstić information content (AvgIpc) is 2.34. The van der Waals surface area contributed by atoms with Crippen molar-refractivity contribution >= 4 is 11.9 Å². The molecule has 4 nitrogen and oxygen atoms in total. The van der Waals surface area contributed by atoms with Gasteiger partial charge in [0.05, 0.1) is 18.1 Å². The number of esters is 1. The lowest BCUT2D eigenvalue weighted by Gasteiger charge is -2.13. The highest BCUT2D eigenvalue weighted by Gasteiger charge is 2.21. The molecule has 0 amide bonds. The van der Waals surface area contributed by atoms with Crippen molar-refractivity contribution in [2.75, 3.05) is 6.61 Å². The van der Waals surface area contributed by atoms with Crippen molar-refractivity contribution in [3.05, 3.63) is 35.4 Å². The highest BCUT2D eigenvalue weighted by molar-refractivity contribution is 5.93. The standard InChI is InChI=1S/C14H18O4/c1-9(2)8-18-14(17)12-7-5-4-6-11(12)10(3)13(15)16/h4-7,9-10H,8H2,1-3H3,(H,15,16). The molecule has 0 bridgehead atoms. The van der Waals surface area contributed by atoms with Crippen LogP contribution in [-0.4, -0.2) is 23.7 Å². The lowest BCUT2D eigenvalue weighted by Crippen LogP contribution is -2.16. The molecule has 0 aliphatic rings. The summed E-state index contributed by atoms with van der Waals surface area (Å²) in [4.78, 5) is 22.9. The lowest BCUT2D eigenvalue weighted by atomic mass is 9.96. The van der Waals surface area contributed by atoms with Crippen molar-refractivity contribution in [2.45, 2.75) is 26.7 Å². The first kappa shape index (κ1) is 14.2. The van der Waals surface area contributed by atoms with Crippen LogP contribution in [-0.2, 0) is 9.53 Å². The van der Waals surface area contributed by atoms with E-state index in [1.54, 1.807) is 31.2 Å². The van der Waals surface area contributed by atoms with Gasteiger partial charge in [-0.15, -0.1) is 0 Å². The predicted octanol–water partition coefficient (Wildman–Crippen LogP) is 2.69. The van der Waals surface area contributed by atoms with Crippen LogP contribution in [0.5, 0.6) is 0 Å². The van der Waals surface area contributed by atoms with Gasteiger partial charge >= 0.3 is 11.9 Å². The van der Waals surface area contributed by atoms with E-state index >= 15 is 0 Å². The highest BCUT2D eigenvalue weighted by Crippen LogP contribution is 2.21. The second-order valence-electron chi connectivity index (χ2n) is 4.64. The molecular formula is C14H18O4. The van der Waals surface area contributed by atoms with Crippen molar-refractivity contribution in [3.63, 3.8) is 0 Å². The Morgan fingerprint density at radius 1 is 1.22 bits per heavy atom. The number of benzene rings is 1. The first-order valence-electron chi connectivity index (χ1n) is 5.92. The molecule has 0 fully saturated rings. The van der Waals surface area contributed by atoms with Gasteiger partial charge < -0.3 is 9.84 Å². The van der Waals surface area contributed by atoms with Gasteiger partial charge in [-0.25, -0.2) is 4.79 Å². The molecule has 0 radical (unpaired) electrons. The minimum absolute atomic E-state index is 0.248. The monoisotopic (exact) mass is 250 g/mol. The molecule has 0 spiro atoms. The molecule has 0 aliphatic heterocycles. The molecule has 1 rings (SSSR count). The van der Waals surface area contributed by atoms with Crippen LogP contribution < -0.4 is 0 Å². The molecular weight excluding hydrogens is 232 g/mol. The number of ether oxygens (including phenoxy) is 1. The third-order valence-electron chi connectivity index (χ3n) is 2.57. The second kappa shape index (κ2) is 6.19. The largest absolute Gasteiger partial charge is 0.481 e. The number of hydrogen-bond acceptors (Lipinski definition) is 3. The number of carboxylic acid groups (broad SMARTS) is 1. The van der Waals surface area contributed by atoms with Crippen LogP contribution in [0.3, 0.4) is 0 Å². The minimum Gasteiger partial charge on any atom is -0.481 e. The van der Waals surface area contributed by atoms with E-state index < -0.39 is 17.9 Å². The van der Waals surface area contributed by atoms with Gasteiger partial charge in [0.1, 0.15) is 0 Å². The summed E-state index contributed by atoms with van der Waals surface area (Å²) in [6.45, 7) is 5.77. The number of hydrogen-bond donors (Lipinski definition) is 1. The number of carbonyl (C=O) groups is 2. The van der Waals surface area contributed by atoms with E-state index in [1.165, 1.54) is 0 Å². The summed E-state index contributed by atoms with van der Waals surface area (Å²) in [7, 11) is 0. The first-order chi connectivity index (χ1) is 8.43. The molecule has 98 valence electrons. The Morgan fingerprint density at radius 2 is 1.83 bits per heavy atom. The number of carboxylic acids is 1. The third kappa shape index (κ3) is 3.58. The van der Waals surface area contributed by atoms with Gasteiger partial charge in [-0.1, -0.05) is 32.0 Å². The van der Waals surface area contributed by atoms with E-state index in [-0.39, 0.29) is 5.92 Å². The average molecular weight is 250 g/mol. The number of aliphatic carboxylic acids is 1. The van der Waals surface area contributed by atoms with E-state index in [9.17, 15) is 9.59 Å². The van der Waals surface area contributed by atoms with Crippen molar-refractivity contribution in [2.24, 2.45) is 5.92 Å². The molecule has 1 atom stereocenters. The zero-order chi connectivity index (χ0) is 13.7. The Balaban J connectivity index is 2.94. The molecule has 1 aromatic rings. The van der Waals surface area contributed by atoms with Gasteiger partial charge in [0.25, 0.3) is 0 Å². The van der Waals surface area contributed by atoms with Gasteiger partial charge in [0.15, 0.2) is 0 Å². The molecule has 0 saturated carbocycles. The Morgan fingerprint density at radius 3 is 2.39 bits per heavy atom. The molecule has 0 heterocycles. The van der Waals surface area contributed by atoms with Crippen molar-refractivity contribution < 1.29 is 19.4 Å². The Labute approximate surface area is 107 Å². The topological polar surface area (TPSA) is 63.6 Å². The summed E-state index contributed by atoms with van der Waals surface area (Å²) < 4.78 is 5.13. The fourth-order valence-corrected chi connectivity index (χ4v) is 1.51. The van der Waals surface area contributed by atoms with Crippen molar-refractivity contribution in [1.82, 2.24) is 0 Å². The zero-order valence-corrected chi connectivity index (χ0v) is 10.8. The van der Waals surface area contributed by atoms with Gasteiger partial charge in [-0.3, -0.25) is 4.79 Å². The zero-order valence-electron chi connectivity index (χ0n) is 10.8. The van der Waals surface area contributed by atoms with Gasteiger partial charge in [-0.05, 0) is 24.5 Å². The van der Waals surface area contributed by atoms with Crippen molar-refractivity contribution in [3.8, 4) is 0 Å². The SMILES string of the molecule is CC(C)COC(=O)c1ccccc1C(C)C(=O)O. The van der Waals surface area contributed by atoms with E-state index in [0.29, 0.717) is 17.7 Å². The van der Waals surface area contributed by atoms with E-state index in [1.807, 2.05) is 13.8 Å². The lowest BCUT2D eigenvalue weighted by molar-refractivity contribution is -0.138. The summed E-state index contributed by atoms with van der Waals surface area (Å²) in [5.41, 5.74) is 0.812. The minimum atomic E-state index is -0.959. The smallest absolute Gasteiger partial charge is 0.338 e. The quantitative estimate of drug-likeness (QED) is 0.816. The fraction of sp³-hybridized carbons (Fsp3) is 0.429. The fourth-order valence-electron chi connectivity index (χ4n) is 1.51. The highest BCUT2D eigenvalue weighted by atomic mass is 16.5. The molecule has 1 aromatic carbocycles. The second-order valence-corrected chi connectivity index (χ2v) is 4.64. The van der Waals surface area contributed by atoms with E-state index in [0.717, 1.165) is 0 Å². The first-order valence-corrected chi connectivity index (χ1v) is 5.92. The summed E-state index contributed by atoms with van der Waals surface area (Å²) >= 11 is 0. The third-order valence-corrected chi connectivity index (χ3v) is 2.57. The molecule has 18 heavy (non-hydrogen) atoms. The molecule has 0 saturated heterocycles.